The summed E-state index contributed by atoms with van der Waals surface area (Å²) in [6.07, 6.45) is 0. The Labute approximate surface area is 111 Å². The van der Waals surface area contributed by atoms with Crippen LogP contribution < -0.4 is 5.32 Å². The highest BCUT2D eigenvalue weighted by atomic mass is 79.9. The molecule has 3 heteroatoms. The van der Waals surface area contributed by atoms with Crippen LogP contribution in [0, 0.1) is 13.8 Å². The van der Waals surface area contributed by atoms with Gasteiger partial charge in [-0.15, -0.1) is 0 Å². The molecule has 2 nitrogen and oxygen atoms in total. The first-order chi connectivity index (χ1) is 7.97. The summed E-state index contributed by atoms with van der Waals surface area (Å²) in [5, 5.41) is 4.61. The molecule has 92 valence electrons. The lowest BCUT2D eigenvalue weighted by molar-refractivity contribution is 0.606. The van der Waals surface area contributed by atoms with E-state index in [9.17, 15) is 0 Å². The van der Waals surface area contributed by atoms with Gasteiger partial charge in [-0.2, -0.15) is 0 Å². The van der Waals surface area contributed by atoms with Crippen molar-refractivity contribution in [2.24, 2.45) is 7.05 Å². The fraction of sp³-hybridized carbons (Fsp3) is 0.429. The van der Waals surface area contributed by atoms with Crippen LogP contribution in [0.4, 0.5) is 0 Å². The van der Waals surface area contributed by atoms with Crippen molar-refractivity contribution in [3.05, 3.63) is 33.4 Å². The Kier molecular flexibility index (Phi) is 3.32. The standard InChI is InChI=1S/C14H19BrN2/c1-8-6-9(2)13-11(7-8)12(15)14(17(13)5)10(3)16-4/h6-7,10,16H,1-5H3. The molecule has 0 bridgehead atoms. The van der Waals surface area contributed by atoms with Gasteiger partial charge in [0.05, 0.1) is 5.52 Å². The van der Waals surface area contributed by atoms with Crippen molar-refractivity contribution in [3.63, 3.8) is 0 Å². The molecule has 2 aromatic rings. The maximum absolute atomic E-state index is 3.75. The monoisotopic (exact) mass is 294 g/mol. The van der Waals surface area contributed by atoms with Crippen LogP contribution in [-0.2, 0) is 7.05 Å². The van der Waals surface area contributed by atoms with E-state index in [1.807, 2.05) is 7.05 Å². The molecule has 0 radical (unpaired) electrons. The van der Waals surface area contributed by atoms with Crippen LogP contribution in [0.3, 0.4) is 0 Å². The molecule has 1 heterocycles. The van der Waals surface area contributed by atoms with Gasteiger partial charge in [0.1, 0.15) is 0 Å². The number of hydrogen-bond donors (Lipinski definition) is 1. The second-order valence-corrected chi connectivity index (χ2v) is 5.54. The van der Waals surface area contributed by atoms with Crippen LogP contribution in [0.2, 0.25) is 0 Å². The van der Waals surface area contributed by atoms with Crippen LogP contribution in [0.25, 0.3) is 10.9 Å². The topological polar surface area (TPSA) is 17.0 Å². The van der Waals surface area contributed by atoms with E-state index in [1.54, 1.807) is 0 Å². The predicted molar refractivity (Wildman–Crippen MR) is 77.6 cm³/mol. The van der Waals surface area contributed by atoms with Gasteiger partial charge < -0.3 is 9.88 Å². The highest BCUT2D eigenvalue weighted by molar-refractivity contribution is 9.10. The van der Waals surface area contributed by atoms with Gasteiger partial charge in [0, 0.05) is 28.6 Å². The first-order valence-corrected chi connectivity index (χ1v) is 6.69. The molecule has 1 unspecified atom stereocenters. The van der Waals surface area contributed by atoms with Gasteiger partial charge in [0.15, 0.2) is 0 Å². The average Bonchev–Trinajstić information content (AvgIpc) is 2.50. The molecule has 0 amide bonds. The number of aryl methyl sites for hydroxylation is 3. The summed E-state index contributed by atoms with van der Waals surface area (Å²) in [5.41, 5.74) is 5.26. The summed E-state index contributed by atoms with van der Waals surface area (Å²) in [7, 11) is 4.13. The van der Waals surface area contributed by atoms with E-state index in [2.05, 4.69) is 65.8 Å². The molecule has 1 atom stereocenters. The Balaban J connectivity index is 2.85. The highest BCUT2D eigenvalue weighted by Gasteiger charge is 2.18. The van der Waals surface area contributed by atoms with Crippen LogP contribution in [-0.4, -0.2) is 11.6 Å². The lowest BCUT2D eigenvalue weighted by Crippen LogP contribution is -2.16. The molecule has 0 spiro atoms. The third-order valence-electron chi connectivity index (χ3n) is 3.45. The van der Waals surface area contributed by atoms with Gasteiger partial charge in [-0.1, -0.05) is 11.6 Å². The summed E-state index contributed by atoms with van der Waals surface area (Å²) < 4.78 is 3.50. The van der Waals surface area contributed by atoms with Gasteiger partial charge in [-0.05, 0) is 55.4 Å². The first kappa shape index (κ1) is 12.7. The molecule has 0 fully saturated rings. The Morgan fingerprint density at radius 2 is 1.94 bits per heavy atom. The van der Waals surface area contributed by atoms with Crippen LogP contribution in [0.5, 0.6) is 0 Å². The first-order valence-electron chi connectivity index (χ1n) is 5.89. The average molecular weight is 295 g/mol. The van der Waals surface area contributed by atoms with E-state index in [4.69, 9.17) is 0 Å². The zero-order valence-corrected chi connectivity index (χ0v) is 12.6. The van der Waals surface area contributed by atoms with Crippen molar-refractivity contribution < 1.29 is 0 Å². The molecular weight excluding hydrogens is 276 g/mol. The second-order valence-electron chi connectivity index (χ2n) is 4.75. The Morgan fingerprint density at radius 1 is 1.29 bits per heavy atom. The molecule has 1 aromatic carbocycles. The van der Waals surface area contributed by atoms with Crippen molar-refractivity contribution in [2.75, 3.05) is 7.05 Å². The Hall–Kier alpha value is -0.800. The summed E-state index contributed by atoms with van der Waals surface area (Å²) in [4.78, 5) is 0. The fourth-order valence-electron chi connectivity index (χ4n) is 2.60. The second kappa shape index (κ2) is 4.46. The van der Waals surface area contributed by atoms with Crippen molar-refractivity contribution in [2.45, 2.75) is 26.8 Å². The maximum Gasteiger partial charge on any atom is 0.0522 e. The number of rotatable bonds is 2. The van der Waals surface area contributed by atoms with Crippen LogP contribution >= 0.6 is 15.9 Å². The third-order valence-corrected chi connectivity index (χ3v) is 4.28. The van der Waals surface area contributed by atoms with E-state index in [1.165, 1.54) is 32.2 Å². The maximum atomic E-state index is 3.75. The molecule has 0 aliphatic heterocycles. The molecule has 0 aliphatic rings. The minimum Gasteiger partial charge on any atom is -0.345 e. The molecule has 17 heavy (non-hydrogen) atoms. The third kappa shape index (κ3) is 1.91. The van der Waals surface area contributed by atoms with Crippen LogP contribution in [0.15, 0.2) is 16.6 Å². The number of fused-ring (bicyclic) bond motifs is 1. The molecule has 0 saturated carbocycles. The molecular formula is C14H19BrN2. The largest absolute Gasteiger partial charge is 0.345 e. The summed E-state index contributed by atoms with van der Waals surface area (Å²) >= 11 is 3.75. The van der Waals surface area contributed by atoms with E-state index in [0.29, 0.717) is 6.04 Å². The zero-order valence-electron chi connectivity index (χ0n) is 11.1. The number of aromatic nitrogens is 1. The van der Waals surface area contributed by atoms with E-state index >= 15 is 0 Å². The summed E-state index contributed by atoms with van der Waals surface area (Å²) in [6, 6.07) is 4.82. The minimum absolute atomic E-state index is 0.335. The van der Waals surface area contributed by atoms with Crippen molar-refractivity contribution >= 4 is 26.8 Å². The highest BCUT2D eigenvalue weighted by Crippen LogP contribution is 2.35. The lowest BCUT2D eigenvalue weighted by Gasteiger charge is -2.13. The quantitative estimate of drug-likeness (QED) is 0.890. The van der Waals surface area contributed by atoms with E-state index in [-0.39, 0.29) is 0 Å². The number of benzene rings is 1. The summed E-state index contributed by atoms with van der Waals surface area (Å²) in [5.74, 6) is 0. The van der Waals surface area contributed by atoms with Gasteiger partial charge in [0.25, 0.3) is 0 Å². The molecule has 1 N–H and O–H groups in total. The number of nitrogens with zero attached hydrogens (tertiary/aromatic N) is 1. The Bertz CT molecular complexity index is 569. The molecule has 0 saturated heterocycles. The smallest absolute Gasteiger partial charge is 0.0522 e. The fourth-order valence-corrected chi connectivity index (χ4v) is 3.51. The molecule has 0 aliphatic carbocycles. The zero-order chi connectivity index (χ0) is 12.7. The number of nitrogens with one attached hydrogen (secondary N) is 1. The Morgan fingerprint density at radius 3 is 2.53 bits per heavy atom. The van der Waals surface area contributed by atoms with E-state index < -0.39 is 0 Å². The van der Waals surface area contributed by atoms with Gasteiger partial charge >= 0.3 is 0 Å². The predicted octanol–water partition coefficient (Wildman–Crippen LogP) is 3.84. The van der Waals surface area contributed by atoms with E-state index in [0.717, 1.165) is 0 Å². The van der Waals surface area contributed by atoms with Crippen LogP contribution in [0.1, 0.15) is 29.8 Å². The van der Waals surface area contributed by atoms with Gasteiger partial charge in [-0.25, -0.2) is 0 Å². The minimum atomic E-state index is 0.335. The lowest BCUT2D eigenvalue weighted by atomic mass is 10.1. The van der Waals surface area contributed by atoms with Crippen molar-refractivity contribution in [3.8, 4) is 0 Å². The summed E-state index contributed by atoms with van der Waals surface area (Å²) in [6.45, 7) is 6.50. The SMILES string of the molecule is CNC(C)c1c(Br)c2cc(C)cc(C)c2n1C. The molecule has 2 rings (SSSR count). The normalized spacial score (nSPS) is 13.3. The van der Waals surface area contributed by atoms with Crippen molar-refractivity contribution in [1.82, 2.24) is 9.88 Å². The number of hydrogen-bond acceptors (Lipinski definition) is 1. The number of halogens is 1. The van der Waals surface area contributed by atoms with Gasteiger partial charge in [0.2, 0.25) is 0 Å². The molecule has 1 aromatic heterocycles. The van der Waals surface area contributed by atoms with Gasteiger partial charge in [-0.3, -0.25) is 0 Å². The van der Waals surface area contributed by atoms with Crippen molar-refractivity contribution in [1.29, 1.82) is 0 Å².